The van der Waals surface area contributed by atoms with Crippen molar-refractivity contribution in [3.05, 3.63) is 0 Å². The summed E-state index contributed by atoms with van der Waals surface area (Å²) < 4.78 is 0. The van der Waals surface area contributed by atoms with E-state index < -0.39 is 0 Å². The first-order chi connectivity index (χ1) is 5.40. The Kier molecular flexibility index (Phi) is 2.11. The fraction of sp³-hybridized carbons (Fsp3) is 1.00. The van der Waals surface area contributed by atoms with E-state index in [2.05, 4.69) is 10.9 Å². The van der Waals surface area contributed by atoms with Crippen LogP contribution in [0.5, 0.6) is 0 Å². The summed E-state index contributed by atoms with van der Waals surface area (Å²) in [6.07, 6.45) is 3.96. The molecule has 0 amide bonds. The standard InChI is InChI=1S/C8H17N3/c9-4-6-1-2-7-5-10-11-8(7)3-6/h6-8,10-11H,1-5,9H2. The molecule has 1 saturated heterocycles. The van der Waals surface area contributed by atoms with Crippen molar-refractivity contribution in [3.8, 4) is 0 Å². The van der Waals surface area contributed by atoms with Gasteiger partial charge in [-0.25, -0.2) is 0 Å². The van der Waals surface area contributed by atoms with Gasteiger partial charge in [0.1, 0.15) is 0 Å². The summed E-state index contributed by atoms with van der Waals surface area (Å²) in [5.74, 6) is 1.64. The molecule has 3 heteroatoms. The van der Waals surface area contributed by atoms with Crippen molar-refractivity contribution in [1.29, 1.82) is 0 Å². The minimum Gasteiger partial charge on any atom is -0.330 e. The summed E-state index contributed by atoms with van der Waals surface area (Å²) in [7, 11) is 0. The monoisotopic (exact) mass is 155 g/mol. The molecule has 0 aromatic heterocycles. The molecular formula is C8H17N3. The van der Waals surface area contributed by atoms with Gasteiger partial charge in [-0.05, 0) is 37.6 Å². The van der Waals surface area contributed by atoms with E-state index in [1.54, 1.807) is 0 Å². The van der Waals surface area contributed by atoms with Gasteiger partial charge in [0.15, 0.2) is 0 Å². The van der Waals surface area contributed by atoms with E-state index in [0.717, 1.165) is 24.9 Å². The molecule has 3 unspecified atom stereocenters. The first kappa shape index (κ1) is 7.53. The lowest BCUT2D eigenvalue weighted by atomic mass is 9.79. The average Bonchev–Trinajstić information content (AvgIpc) is 2.50. The second-order valence-electron chi connectivity index (χ2n) is 3.81. The zero-order valence-corrected chi connectivity index (χ0v) is 6.84. The van der Waals surface area contributed by atoms with Crippen LogP contribution in [0.4, 0.5) is 0 Å². The third-order valence-electron chi connectivity index (χ3n) is 3.09. The SMILES string of the molecule is NCC1CCC2CNNC2C1. The normalized spacial score (nSPS) is 43.9. The number of rotatable bonds is 1. The maximum atomic E-state index is 5.64. The molecule has 64 valence electrons. The van der Waals surface area contributed by atoms with E-state index >= 15 is 0 Å². The zero-order chi connectivity index (χ0) is 7.68. The Bertz CT molecular complexity index is 137. The first-order valence-corrected chi connectivity index (χ1v) is 4.58. The van der Waals surface area contributed by atoms with Gasteiger partial charge in [-0.1, -0.05) is 0 Å². The largest absolute Gasteiger partial charge is 0.330 e. The lowest BCUT2D eigenvalue weighted by molar-refractivity contribution is 0.258. The molecule has 0 aromatic carbocycles. The maximum Gasteiger partial charge on any atom is 0.0256 e. The maximum absolute atomic E-state index is 5.64. The molecule has 2 aliphatic rings. The van der Waals surface area contributed by atoms with E-state index in [0.29, 0.717) is 6.04 Å². The molecule has 0 radical (unpaired) electrons. The van der Waals surface area contributed by atoms with Crippen LogP contribution in [-0.2, 0) is 0 Å². The molecule has 1 aliphatic heterocycles. The fourth-order valence-corrected chi connectivity index (χ4v) is 2.28. The van der Waals surface area contributed by atoms with Crippen molar-refractivity contribution in [2.45, 2.75) is 25.3 Å². The average molecular weight is 155 g/mol. The Morgan fingerprint density at radius 3 is 3.09 bits per heavy atom. The number of hydrazine groups is 1. The second-order valence-corrected chi connectivity index (χ2v) is 3.81. The molecule has 2 fully saturated rings. The Labute approximate surface area is 67.7 Å². The molecule has 3 atom stereocenters. The lowest BCUT2D eigenvalue weighted by Gasteiger charge is -2.29. The Hall–Kier alpha value is -0.120. The van der Waals surface area contributed by atoms with Crippen molar-refractivity contribution in [2.75, 3.05) is 13.1 Å². The van der Waals surface area contributed by atoms with E-state index in [-0.39, 0.29) is 0 Å². The predicted molar refractivity (Wildman–Crippen MR) is 44.8 cm³/mol. The molecule has 4 N–H and O–H groups in total. The molecule has 0 aromatic rings. The van der Waals surface area contributed by atoms with Crippen LogP contribution < -0.4 is 16.6 Å². The number of nitrogens with one attached hydrogen (secondary N) is 2. The van der Waals surface area contributed by atoms with Gasteiger partial charge in [0.2, 0.25) is 0 Å². The van der Waals surface area contributed by atoms with Gasteiger partial charge in [0, 0.05) is 12.6 Å². The minimum absolute atomic E-state index is 0.706. The first-order valence-electron chi connectivity index (χ1n) is 4.58. The number of fused-ring (bicyclic) bond motifs is 1. The van der Waals surface area contributed by atoms with Crippen LogP contribution in [0.25, 0.3) is 0 Å². The Morgan fingerprint density at radius 2 is 2.27 bits per heavy atom. The predicted octanol–water partition coefficient (Wildman–Crippen LogP) is -0.162. The van der Waals surface area contributed by atoms with Crippen LogP contribution in [0.2, 0.25) is 0 Å². The summed E-state index contributed by atoms with van der Waals surface area (Å²) in [5.41, 5.74) is 12.2. The highest BCUT2D eigenvalue weighted by Crippen LogP contribution is 2.29. The molecule has 11 heavy (non-hydrogen) atoms. The van der Waals surface area contributed by atoms with E-state index in [4.69, 9.17) is 5.73 Å². The van der Waals surface area contributed by atoms with Crippen LogP contribution in [-0.4, -0.2) is 19.1 Å². The second kappa shape index (κ2) is 3.09. The summed E-state index contributed by atoms with van der Waals surface area (Å²) in [5, 5.41) is 0. The van der Waals surface area contributed by atoms with E-state index in [9.17, 15) is 0 Å². The quantitative estimate of drug-likeness (QED) is 0.493. The van der Waals surface area contributed by atoms with Crippen molar-refractivity contribution >= 4 is 0 Å². The smallest absolute Gasteiger partial charge is 0.0256 e. The van der Waals surface area contributed by atoms with Crippen molar-refractivity contribution in [3.63, 3.8) is 0 Å². The van der Waals surface area contributed by atoms with Gasteiger partial charge >= 0.3 is 0 Å². The van der Waals surface area contributed by atoms with Gasteiger partial charge < -0.3 is 5.73 Å². The van der Waals surface area contributed by atoms with E-state index in [1.807, 2.05) is 0 Å². The Balaban J connectivity index is 1.91. The summed E-state index contributed by atoms with van der Waals surface area (Å²) in [6.45, 7) is 2.02. The van der Waals surface area contributed by atoms with E-state index in [1.165, 1.54) is 19.3 Å². The molecular weight excluding hydrogens is 138 g/mol. The summed E-state index contributed by atoms with van der Waals surface area (Å²) in [6, 6.07) is 0.706. The highest BCUT2D eigenvalue weighted by atomic mass is 15.4. The van der Waals surface area contributed by atoms with Gasteiger partial charge in [-0.15, -0.1) is 0 Å². The molecule has 0 spiro atoms. The van der Waals surface area contributed by atoms with Crippen LogP contribution in [0.15, 0.2) is 0 Å². The molecule has 1 heterocycles. The molecule has 3 nitrogen and oxygen atoms in total. The van der Waals surface area contributed by atoms with Crippen molar-refractivity contribution in [1.82, 2.24) is 10.9 Å². The molecule has 1 saturated carbocycles. The Morgan fingerprint density at radius 1 is 1.36 bits per heavy atom. The van der Waals surface area contributed by atoms with Crippen LogP contribution in [0.3, 0.4) is 0 Å². The summed E-state index contributed by atoms with van der Waals surface area (Å²) in [4.78, 5) is 0. The third kappa shape index (κ3) is 1.41. The van der Waals surface area contributed by atoms with Crippen molar-refractivity contribution < 1.29 is 0 Å². The number of hydrogen-bond donors (Lipinski definition) is 3. The lowest BCUT2D eigenvalue weighted by Crippen LogP contribution is -2.37. The molecule has 1 aliphatic carbocycles. The minimum atomic E-state index is 0.706. The number of hydrogen-bond acceptors (Lipinski definition) is 3. The van der Waals surface area contributed by atoms with Gasteiger partial charge in [0.25, 0.3) is 0 Å². The highest BCUT2D eigenvalue weighted by Gasteiger charge is 2.32. The van der Waals surface area contributed by atoms with Crippen molar-refractivity contribution in [2.24, 2.45) is 17.6 Å². The number of nitrogens with two attached hydrogens (primary N) is 1. The summed E-state index contributed by atoms with van der Waals surface area (Å²) >= 11 is 0. The van der Waals surface area contributed by atoms with Crippen LogP contribution in [0.1, 0.15) is 19.3 Å². The molecule has 0 bridgehead atoms. The zero-order valence-electron chi connectivity index (χ0n) is 6.84. The fourth-order valence-electron chi connectivity index (χ4n) is 2.28. The third-order valence-corrected chi connectivity index (χ3v) is 3.09. The van der Waals surface area contributed by atoms with Gasteiger partial charge in [-0.2, -0.15) is 0 Å². The van der Waals surface area contributed by atoms with Gasteiger partial charge in [0.05, 0.1) is 0 Å². The highest BCUT2D eigenvalue weighted by molar-refractivity contribution is 4.88. The molecule has 2 rings (SSSR count). The van der Waals surface area contributed by atoms with Crippen LogP contribution >= 0.6 is 0 Å². The van der Waals surface area contributed by atoms with Gasteiger partial charge in [-0.3, -0.25) is 10.9 Å². The van der Waals surface area contributed by atoms with Crippen LogP contribution in [0, 0.1) is 11.8 Å². The topological polar surface area (TPSA) is 50.1 Å².